The first-order valence-corrected chi connectivity index (χ1v) is 13.0. The van der Waals surface area contributed by atoms with E-state index in [1.54, 1.807) is 6.07 Å². The zero-order chi connectivity index (χ0) is 23.3. The Morgan fingerprint density at radius 1 is 1.06 bits per heavy atom. The molecule has 1 N–H and O–H groups in total. The minimum absolute atomic E-state index is 0.0729. The number of carbonyl (C=O) groups excluding carboxylic acids is 1. The van der Waals surface area contributed by atoms with Crippen molar-refractivity contribution in [3.63, 3.8) is 0 Å². The van der Waals surface area contributed by atoms with E-state index in [1.807, 2.05) is 18.2 Å². The molecule has 1 aliphatic rings. The molecule has 6 nitrogen and oxygen atoms in total. The fourth-order valence-electron chi connectivity index (χ4n) is 3.91. The third kappa shape index (κ3) is 5.83. The van der Waals surface area contributed by atoms with Gasteiger partial charge in [-0.2, -0.15) is 4.31 Å². The molecule has 0 bridgehead atoms. The highest BCUT2D eigenvalue weighted by Gasteiger charge is 2.34. The molecule has 0 unspecified atom stereocenters. The molecule has 32 heavy (non-hydrogen) atoms. The van der Waals surface area contributed by atoms with Gasteiger partial charge in [0.1, 0.15) is 4.90 Å². The highest BCUT2D eigenvalue weighted by Crippen LogP contribution is 2.33. The number of amides is 1. The monoisotopic (exact) mass is 497 g/mol. The molecular weight excluding hydrogens is 469 g/mol. The Morgan fingerprint density at radius 3 is 2.25 bits per heavy atom. The number of benzene rings is 2. The van der Waals surface area contributed by atoms with Crippen molar-refractivity contribution in [3.05, 3.63) is 58.1 Å². The summed E-state index contributed by atoms with van der Waals surface area (Å²) in [6.45, 7) is 7.50. The number of piperidine rings is 1. The number of anilines is 1. The van der Waals surface area contributed by atoms with E-state index >= 15 is 0 Å². The molecule has 1 heterocycles. The van der Waals surface area contributed by atoms with Gasteiger partial charge in [0.15, 0.2) is 0 Å². The molecule has 174 valence electrons. The molecule has 0 radical (unpaired) electrons. The number of hydrogen-bond acceptors (Lipinski definition) is 4. The van der Waals surface area contributed by atoms with Gasteiger partial charge in [0.05, 0.1) is 10.0 Å². The third-order valence-electron chi connectivity index (χ3n) is 5.84. The lowest BCUT2D eigenvalue weighted by molar-refractivity contribution is -0.120. The molecule has 1 amide bonds. The van der Waals surface area contributed by atoms with E-state index in [4.69, 9.17) is 23.2 Å². The van der Waals surface area contributed by atoms with Crippen molar-refractivity contribution in [3.8, 4) is 0 Å². The van der Waals surface area contributed by atoms with E-state index in [9.17, 15) is 13.2 Å². The maximum absolute atomic E-state index is 13.0. The van der Waals surface area contributed by atoms with E-state index in [2.05, 4.69) is 30.1 Å². The summed E-state index contributed by atoms with van der Waals surface area (Å²) < 4.78 is 27.4. The summed E-state index contributed by atoms with van der Waals surface area (Å²) in [6.07, 6.45) is 0.874. The highest BCUT2D eigenvalue weighted by molar-refractivity contribution is 7.89. The lowest BCUT2D eigenvalue weighted by atomic mass is 9.97. The Hall–Kier alpha value is -1.64. The summed E-state index contributed by atoms with van der Waals surface area (Å²) >= 11 is 12.2. The number of rotatable bonds is 8. The van der Waals surface area contributed by atoms with Gasteiger partial charge in [-0.05, 0) is 55.8 Å². The summed E-state index contributed by atoms with van der Waals surface area (Å²) in [5.74, 6) is -0.340. The smallest absolute Gasteiger partial charge is 0.246 e. The molecule has 1 saturated heterocycles. The first kappa shape index (κ1) is 25.0. The number of nitrogens with zero attached hydrogens (tertiary/aromatic N) is 2. The number of halogens is 2. The zero-order valence-electron chi connectivity index (χ0n) is 18.4. The van der Waals surface area contributed by atoms with E-state index in [0.29, 0.717) is 12.8 Å². The molecule has 2 aromatic carbocycles. The first-order chi connectivity index (χ1) is 15.3. The first-order valence-electron chi connectivity index (χ1n) is 10.8. The normalized spacial score (nSPS) is 15.8. The van der Waals surface area contributed by atoms with Crippen LogP contribution >= 0.6 is 23.2 Å². The Kier molecular flexibility index (Phi) is 8.58. The highest BCUT2D eigenvalue weighted by atomic mass is 35.5. The molecule has 0 atom stereocenters. The predicted octanol–water partition coefficient (Wildman–Crippen LogP) is 4.87. The zero-order valence-corrected chi connectivity index (χ0v) is 20.7. The standard InChI is InChI=1S/C23H29Cl2N3O3S/c1-3-27(4-2)16-17-7-5-8-19(15-17)26-23(29)18-11-13-28(14-12-18)32(30,31)22-20(24)9-6-10-21(22)25/h5-10,15,18H,3-4,11-14,16H2,1-2H3,(H,26,29). The summed E-state index contributed by atoms with van der Waals surface area (Å²) in [6, 6.07) is 12.5. The van der Waals surface area contributed by atoms with Crippen molar-refractivity contribution in [2.75, 3.05) is 31.5 Å². The summed E-state index contributed by atoms with van der Waals surface area (Å²) in [4.78, 5) is 15.1. The second-order valence-corrected chi connectivity index (χ2v) is 10.6. The molecule has 0 saturated carbocycles. The van der Waals surface area contributed by atoms with Gasteiger partial charge in [0.2, 0.25) is 15.9 Å². The number of sulfonamides is 1. The van der Waals surface area contributed by atoms with Crippen LogP contribution < -0.4 is 5.32 Å². The molecule has 0 aromatic heterocycles. The van der Waals surface area contributed by atoms with Crippen LogP contribution in [0, 0.1) is 5.92 Å². The van der Waals surface area contributed by atoms with Crippen LogP contribution in [0.15, 0.2) is 47.4 Å². The summed E-state index contributed by atoms with van der Waals surface area (Å²) in [7, 11) is -3.82. The molecule has 0 aliphatic carbocycles. The Balaban J connectivity index is 1.61. The van der Waals surface area contributed by atoms with Crippen molar-refractivity contribution in [2.45, 2.75) is 38.1 Å². The van der Waals surface area contributed by atoms with Crippen LogP contribution in [0.2, 0.25) is 10.0 Å². The van der Waals surface area contributed by atoms with Crippen molar-refractivity contribution in [1.29, 1.82) is 0 Å². The Bertz CT molecular complexity index is 1030. The maximum Gasteiger partial charge on any atom is 0.246 e. The van der Waals surface area contributed by atoms with Gasteiger partial charge in [-0.25, -0.2) is 8.42 Å². The largest absolute Gasteiger partial charge is 0.326 e. The van der Waals surface area contributed by atoms with E-state index < -0.39 is 10.0 Å². The third-order valence-corrected chi connectivity index (χ3v) is 8.69. The summed E-state index contributed by atoms with van der Waals surface area (Å²) in [5.41, 5.74) is 1.90. The lowest BCUT2D eigenvalue weighted by Gasteiger charge is -2.31. The number of nitrogens with one attached hydrogen (secondary N) is 1. The average Bonchev–Trinajstić information content (AvgIpc) is 2.77. The van der Waals surface area contributed by atoms with Crippen molar-refractivity contribution < 1.29 is 13.2 Å². The van der Waals surface area contributed by atoms with E-state index in [0.717, 1.165) is 30.9 Å². The van der Waals surface area contributed by atoms with Crippen LogP contribution in [0.1, 0.15) is 32.3 Å². The minimum Gasteiger partial charge on any atom is -0.326 e. The van der Waals surface area contributed by atoms with Crippen molar-refractivity contribution >= 4 is 44.8 Å². The van der Waals surface area contributed by atoms with Gasteiger partial charge in [-0.1, -0.05) is 55.2 Å². The van der Waals surface area contributed by atoms with Gasteiger partial charge in [-0.3, -0.25) is 9.69 Å². The molecule has 1 aliphatic heterocycles. The van der Waals surface area contributed by atoms with Crippen LogP contribution in [-0.2, 0) is 21.4 Å². The maximum atomic E-state index is 13.0. The molecule has 9 heteroatoms. The molecule has 3 rings (SSSR count). The van der Waals surface area contributed by atoms with Crippen LogP contribution in [-0.4, -0.2) is 49.7 Å². The van der Waals surface area contributed by atoms with E-state index in [-0.39, 0.29) is 39.9 Å². The molecule has 1 fully saturated rings. The molecular formula is C23H29Cl2N3O3S. The number of hydrogen-bond donors (Lipinski definition) is 1. The number of carbonyl (C=O) groups is 1. The SMILES string of the molecule is CCN(CC)Cc1cccc(NC(=O)C2CCN(S(=O)(=O)c3c(Cl)cccc3Cl)CC2)c1. The second-order valence-electron chi connectivity index (χ2n) is 7.88. The van der Waals surface area contributed by atoms with Crippen LogP contribution in [0.5, 0.6) is 0 Å². The molecule has 0 spiro atoms. The van der Waals surface area contributed by atoms with Gasteiger partial charge in [0, 0.05) is 31.2 Å². The fraction of sp³-hybridized carbons (Fsp3) is 0.435. The summed E-state index contributed by atoms with van der Waals surface area (Å²) in [5, 5.41) is 3.20. The van der Waals surface area contributed by atoms with Crippen LogP contribution in [0.3, 0.4) is 0 Å². The predicted molar refractivity (Wildman–Crippen MR) is 130 cm³/mol. The van der Waals surface area contributed by atoms with E-state index in [1.165, 1.54) is 16.4 Å². The van der Waals surface area contributed by atoms with Crippen LogP contribution in [0.25, 0.3) is 0 Å². The van der Waals surface area contributed by atoms with Gasteiger partial charge >= 0.3 is 0 Å². The molecule has 2 aromatic rings. The van der Waals surface area contributed by atoms with Crippen LogP contribution in [0.4, 0.5) is 5.69 Å². The van der Waals surface area contributed by atoms with Crippen molar-refractivity contribution in [1.82, 2.24) is 9.21 Å². The average molecular weight is 498 g/mol. The second kappa shape index (κ2) is 11.0. The van der Waals surface area contributed by atoms with Gasteiger partial charge in [0.25, 0.3) is 0 Å². The van der Waals surface area contributed by atoms with Gasteiger partial charge in [-0.15, -0.1) is 0 Å². The van der Waals surface area contributed by atoms with Crippen molar-refractivity contribution in [2.24, 2.45) is 5.92 Å². The Morgan fingerprint density at radius 2 is 1.66 bits per heavy atom. The van der Waals surface area contributed by atoms with Gasteiger partial charge < -0.3 is 5.32 Å². The minimum atomic E-state index is -3.82. The lowest BCUT2D eigenvalue weighted by Crippen LogP contribution is -2.41. The fourth-order valence-corrected chi connectivity index (χ4v) is 6.47. The topological polar surface area (TPSA) is 69.7 Å². The Labute approximate surface area is 200 Å². The quantitative estimate of drug-likeness (QED) is 0.564.